The number of carboxylic acids is 1. The van der Waals surface area contributed by atoms with Gasteiger partial charge in [-0.3, -0.25) is 4.79 Å². The van der Waals surface area contributed by atoms with Crippen LogP contribution in [0.1, 0.15) is 40.0 Å². The van der Waals surface area contributed by atoms with Gasteiger partial charge in [0.2, 0.25) is 0 Å². The quantitative estimate of drug-likeness (QED) is 0.804. The normalized spacial score (nSPS) is 37.8. The third kappa shape index (κ3) is 2.90. The molecule has 0 aromatic rings. The summed E-state index contributed by atoms with van der Waals surface area (Å²) in [5, 5.41) is 12.3. The predicted molar refractivity (Wildman–Crippen MR) is 73.5 cm³/mol. The van der Waals surface area contributed by atoms with Gasteiger partial charge in [0.25, 0.3) is 0 Å². The fourth-order valence-electron chi connectivity index (χ4n) is 3.24. The van der Waals surface area contributed by atoms with E-state index in [1.54, 1.807) is 11.8 Å². The molecule has 20 heavy (non-hydrogen) atoms. The Morgan fingerprint density at radius 2 is 1.90 bits per heavy atom. The molecule has 6 heteroatoms. The van der Waals surface area contributed by atoms with Crippen molar-refractivity contribution >= 4 is 12.0 Å². The number of hydrogen-bond donors (Lipinski definition) is 2. The zero-order chi connectivity index (χ0) is 14.9. The highest BCUT2D eigenvalue weighted by molar-refractivity contribution is 5.79. The fourth-order valence-corrected chi connectivity index (χ4v) is 3.24. The van der Waals surface area contributed by atoms with Crippen molar-refractivity contribution in [3.05, 3.63) is 0 Å². The number of morpholine rings is 1. The smallest absolute Gasteiger partial charge is 0.317 e. The zero-order valence-corrected chi connectivity index (χ0v) is 12.4. The molecular weight excluding hydrogens is 260 g/mol. The molecule has 1 saturated heterocycles. The maximum atomic E-state index is 12.3. The van der Waals surface area contributed by atoms with Crippen LogP contribution in [0.5, 0.6) is 0 Å². The Balaban J connectivity index is 1.99. The molecule has 1 aliphatic carbocycles. The van der Waals surface area contributed by atoms with E-state index in [0.29, 0.717) is 19.5 Å². The van der Waals surface area contributed by atoms with Gasteiger partial charge in [-0.05, 0) is 33.6 Å². The molecule has 2 unspecified atom stereocenters. The number of amides is 2. The van der Waals surface area contributed by atoms with Crippen molar-refractivity contribution in [2.75, 3.05) is 13.1 Å². The molecule has 2 rings (SSSR count). The first-order valence-electron chi connectivity index (χ1n) is 7.27. The van der Waals surface area contributed by atoms with Crippen molar-refractivity contribution in [2.45, 2.75) is 58.3 Å². The summed E-state index contributed by atoms with van der Waals surface area (Å²) in [7, 11) is 0. The molecule has 0 spiro atoms. The van der Waals surface area contributed by atoms with E-state index in [2.05, 4.69) is 5.32 Å². The maximum Gasteiger partial charge on any atom is 0.317 e. The van der Waals surface area contributed by atoms with Crippen molar-refractivity contribution in [2.24, 2.45) is 5.41 Å². The first-order chi connectivity index (χ1) is 9.33. The summed E-state index contributed by atoms with van der Waals surface area (Å²) in [5.74, 6) is -0.830. The summed E-state index contributed by atoms with van der Waals surface area (Å²) in [6, 6.07) is -0.465. The molecule has 0 aromatic heterocycles. The summed E-state index contributed by atoms with van der Waals surface area (Å²) in [4.78, 5) is 25.5. The lowest BCUT2D eigenvalue weighted by Crippen LogP contribution is -2.56. The summed E-state index contributed by atoms with van der Waals surface area (Å²) in [5.41, 5.74) is -0.848. The third-order valence-corrected chi connectivity index (χ3v) is 4.45. The van der Waals surface area contributed by atoms with Crippen LogP contribution in [0.2, 0.25) is 0 Å². The number of aliphatic carboxylic acids is 1. The van der Waals surface area contributed by atoms with E-state index in [9.17, 15) is 14.7 Å². The Morgan fingerprint density at radius 1 is 1.30 bits per heavy atom. The van der Waals surface area contributed by atoms with Crippen LogP contribution in [-0.4, -0.2) is 53.3 Å². The second kappa shape index (κ2) is 5.60. The number of carbonyl (C=O) groups excluding carboxylic acids is 1. The van der Waals surface area contributed by atoms with Gasteiger partial charge in [0.05, 0.1) is 17.6 Å². The Labute approximate surface area is 119 Å². The van der Waals surface area contributed by atoms with Gasteiger partial charge in [0, 0.05) is 19.1 Å². The molecule has 2 N–H and O–H groups in total. The van der Waals surface area contributed by atoms with E-state index in [1.165, 1.54) is 0 Å². The van der Waals surface area contributed by atoms with Crippen LogP contribution >= 0.6 is 0 Å². The summed E-state index contributed by atoms with van der Waals surface area (Å²) in [6.07, 6.45) is 2.20. The topological polar surface area (TPSA) is 78.9 Å². The van der Waals surface area contributed by atoms with Crippen LogP contribution in [0.3, 0.4) is 0 Å². The molecule has 4 atom stereocenters. The van der Waals surface area contributed by atoms with Crippen LogP contribution in [0.25, 0.3) is 0 Å². The van der Waals surface area contributed by atoms with Crippen molar-refractivity contribution in [3.8, 4) is 0 Å². The molecule has 0 bridgehead atoms. The highest BCUT2D eigenvalue weighted by Gasteiger charge is 2.46. The molecule has 2 amide bonds. The molecule has 0 aromatic carbocycles. The standard InChI is InChI=1S/C14H24N2O4/c1-9-7-16(8-10(2)20-9)13(19)15-11-5-4-6-14(11,3)12(17)18/h9-11H,4-8H2,1-3H3,(H,15,19)(H,17,18)/t9-,10+,11?,14?. The average molecular weight is 284 g/mol. The SMILES string of the molecule is C[C@@H]1CN(C(=O)NC2CCCC2(C)C(=O)O)C[C@H](C)O1. The van der Waals surface area contributed by atoms with Crippen molar-refractivity contribution in [1.29, 1.82) is 0 Å². The molecule has 1 saturated carbocycles. The van der Waals surface area contributed by atoms with Crippen LogP contribution in [0.15, 0.2) is 0 Å². The van der Waals surface area contributed by atoms with E-state index in [4.69, 9.17) is 4.74 Å². The van der Waals surface area contributed by atoms with Gasteiger partial charge in [0.1, 0.15) is 0 Å². The lowest BCUT2D eigenvalue weighted by atomic mass is 9.85. The van der Waals surface area contributed by atoms with Crippen LogP contribution in [0.4, 0.5) is 4.79 Å². The number of rotatable bonds is 2. The van der Waals surface area contributed by atoms with Gasteiger partial charge in [0.15, 0.2) is 0 Å². The van der Waals surface area contributed by atoms with E-state index in [1.807, 2.05) is 13.8 Å². The Hall–Kier alpha value is -1.30. The number of nitrogens with zero attached hydrogens (tertiary/aromatic N) is 1. The average Bonchev–Trinajstić information content (AvgIpc) is 2.71. The fraction of sp³-hybridized carbons (Fsp3) is 0.857. The monoisotopic (exact) mass is 284 g/mol. The molecule has 2 fully saturated rings. The molecular formula is C14H24N2O4. The summed E-state index contributed by atoms with van der Waals surface area (Å²) in [6.45, 7) is 6.69. The maximum absolute atomic E-state index is 12.3. The predicted octanol–water partition coefficient (Wildman–Crippen LogP) is 1.45. The molecule has 6 nitrogen and oxygen atoms in total. The van der Waals surface area contributed by atoms with Gasteiger partial charge >= 0.3 is 12.0 Å². The highest BCUT2D eigenvalue weighted by atomic mass is 16.5. The summed E-state index contributed by atoms with van der Waals surface area (Å²) < 4.78 is 5.60. The largest absolute Gasteiger partial charge is 0.481 e. The molecule has 1 aliphatic heterocycles. The van der Waals surface area contributed by atoms with Crippen LogP contribution < -0.4 is 5.32 Å². The lowest BCUT2D eigenvalue weighted by molar-refractivity contribution is -0.148. The highest BCUT2D eigenvalue weighted by Crippen LogP contribution is 2.38. The van der Waals surface area contributed by atoms with E-state index in [-0.39, 0.29) is 24.3 Å². The molecule has 1 heterocycles. The number of ether oxygens (including phenoxy) is 1. The number of carbonyl (C=O) groups is 2. The Morgan fingerprint density at radius 3 is 2.45 bits per heavy atom. The first kappa shape index (κ1) is 15.1. The molecule has 2 aliphatic rings. The number of urea groups is 1. The van der Waals surface area contributed by atoms with Gasteiger partial charge in [-0.1, -0.05) is 6.42 Å². The lowest BCUT2D eigenvalue weighted by Gasteiger charge is -2.37. The third-order valence-electron chi connectivity index (χ3n) is 4.45. The second-order valence-corrected chi connectivity index (χ2v) is 6.28. The van der Waals surface area contributed by atoms with Gasteiger partial charge in [-0.15, -0.1) is 0 Å². The van der Waals surface area contributed by atoms with Crippen LogP contribution in [-0.2, 0) is 9.53 Å². The minimum Gasteiger partial charge on any atom is -0.481 e. The number of hydrogen-bond acceptors (Lipinski definition) is 3. The Bertz CT molecular complexity index is 391. The molecule has 0 radical (unpaired) electrons. The van der Waals surface area contributed by atoms with Crippen LogP contribution in [0, 0.1) is 5.41 Å². The minimum absolute atomic E-state index is 0.0129. The van der Waals surface area contributed by atoms with E-state index < -0.39 is 11.4 Å². The van der Waals surface area contributed by atoms with Crippen molar-refractivity contribution in [3.63, 3.8) is 0 Å². The van der Waals surface area contributed by atoms with Crippen molar-refractivity contribution < 1.29 is 19.4 Å². The number of carboxylic acid groups (broad SMARTS) is 1. The second-order valence-electron chi connectivity index (χ2n) is 6.28. The van der Waals surface area contributed by atoms with Gasteiger partial charge in [-0.25, -0.2) is 4.79 Å². The van der Waals surface area contributed by atoms with E-state index in [0.717, 1.165) is 12.8 Å². The zero-order valence-electron chi connectivity index (χ0n) is 12.4. The minimum atomic E-state index is -0.848. The first-order valence-corrected chi connectivity index (χ1v) is 7.27. The van der Waals surface area contributed by atoms with Gasteiger partial charge < -0.3 is 20.1 Å². The van der Waals surface area contributed by atoms with Crippen molar-refractivity contribution in [1.82, 2.24) is 10.2 Å². The number of nitrogens with one attached hydrogen (secondary N) is 1. The Kier molecular flexibility index (Phi) is 4.22. The van der Waals surface area contributed by atoms with Gasteiger partial charge in [-0.2, -0.15) is 0 Å². The van der Waals surface area contributed by atoms with E-state index >= 15 is 0 Å². The summed E-state index contributed by atoms with van der Waals surface area (Å²) >= 11 is 0. The molecule has 114 valence electrons.